The molecule has 33 heavy (non-hydrogen) atoms. The summed E-state index contributed by atoms with van der Waals surface area (Å²) in [6, 6.07) is 12.3. The predicted molar refractivity (Wildman–Crippen MR) is 133 cm³/mol. The Kier molecular flexibility index (Phi) is 5.23. The van der Waals surface area contributed by atoms with Crippen molar-refractivity contribution in [1.82, 2.24) is 0 Å². The van der Waals surface area contributed by atoms with Gasteiger partial charge in [0.25, 0.3) is 0 Å². The zero-order valence-corrected chi connectivity index (χ0v) is 20.9. The minimum atomic E-state index is -0.410. The maximum absolute atomic E-state index is 13.3. The lowest BCUT2D eigenvalue weighted by Gasteiger charge is -2.54. The summed E-state index contributed by atoms with van der Waals surface area (Å²) in [6.07, 6.45) is 6.09. The van der Waals surface area contributed by atoms with Crippen molar-refractivity contribution in [2.75, 3.05) is 0 Å². The molecule has 1 saturated carbocycles. The molecule has 0 saturated heterocycles. The van der Waals surface area contributed by atoms with Gasteiger partial charge in [-0.15, -0.1) is 0 Å². The van der Waals surface area contributed by atoms with E-state index in [0.717, 1.165) is 28.5 Å². The molecule has 0 spiro atoms. The van der Waals surface area contributed by atoms with Crippen molar-refractivity contribution in [3.63, 3.8) is 0 Å². The number of aryl methyl sites for hydroxylation is 2. The Bertz CT molecular complexity index is 1230. The molecule has 0 bridgehead atoms. The summed E-state index contributed by atoms with van der Waals surface area (Å²) >= 11 is 0. The molecular weight excluding hydrogens is 408 g/mol. The minimum Gasteiger partial charge on any atom is -0.449 e. The quantitative estimate of drug-likeness (QED) is 0.302. The molecule has 0 aliphatic heterocycles. The van der Waals surface area contributed by atoms with E-state index >= 15 is 0 Å². The van der Waals surface area contributed by atoms with Crippen LogP contribution in [0.15, 0.2) is 40.8 Å². The normalized spacial score (nSPS) is 23.9. The van der Waals surface area contributed by atoms with E-state index in [0.29, 0.717) is 22.8 Å². The van der Waals surface area contributed by atoms with Gasteiger partial charge in [-0.25, -0.2) is 4.79 Å². The zero-order valence-electron chi connectivity index (χ0n) is 20.9. The summed E-state index contributed by atoms with van der Waals surface area (Å²) in [6.45, 7) is 13.6. The van der Waals surface area contributed by atoms with E-state index in [1.54, 1.807) is 0 Å². The van der Waals surface area contributed by atoms with E-state index in [2.05, 4.69) is 46.8 Å². The number of benzene rings is 2. The van der Waals surface area contributed by atoms with E-state index in [4.69, 9.17) is 9.15 Å². The van der Waals surface area contributed by atoms with E-state index in [-0.39, 0.29) is 11.3 Å². The Morgan fingerprint density at radius 2 is 1.88 bits per heavy atom. The van der Waals surface area contributed by atoms with Gasteiger partial charge in [-0.1, -0.05) is 65.3 Å². The maximum atomic E-state index is 13.3. The van der Waals surface area contributed by atoms with Gasteiger partial charge in [0.2, 0.25) is 5.76 Å². The lowest BCUT2D eigenvalue weighted by atomic mass is 9.50. The molecule has 2 atom stereocenters. The molecule has 3 heteroatoms. The maximum Gasteiger partial charge on any atom is 0.379 e. The first-order valence-electron chi connectivity index (χ1n) is 12.5. The van der Waals surface area contributed by atoms with Crippen LogP contribution in [-0.4, -0.2) is 5.97 Å². The second-order valence-electron chi connectivity index (χ2n) is 11.5. The predicted octanol–water partition coefficient (Wildman–Crippen LogP) is 8.11. The highest BCUT2D eigenvalue weighted by atomic mass is 16.5. The molecule has 2 aromatic carbocycles. The summed E-state index contributed by atoms with van der Waals surface area (Å²) in [5, 5.41) is 0.957. The molecule has 5 rings (SSSR count). The fourth-order valence-corrected chi connectivity index (χ4v) is 6.89. The van der Waals surface area contributed by atoms with Gasteiger partial charge >= 0.3 is 5.97 Å². The fraction of sp³-hybridized carbons (Fsp3) is 0.500. The number of para-hydroxylation sites is 1. The van der Waals surface area contributed by atoms with E-state index in [1.165, 1.54) is 36.8 Å². The van der Waals surface area contributed by atoms with Crippen LogP contribution in [0.1, 0.15) is 99.0 Å². The molecule has 0 amide bonds. The average Bonchev–Trinajstić information content (AvgIpc) is 3.10. The Balaban J connectivity index is 1.57. The van der Waals surface area contributed by atoms with Gasteiger partial charge in [0, 0.05) is 10.9 Å². The van der Waals surface area contributed by atoms with Gasteiger partial charge < -0.3 is 9.15 Å². The third kappa shape index (κ3) is 3.52. The first kappa shape index (κ1) is 22.3. The summed E-state index contributed by atoms with van der Waals surface area (Å²) in [7, 11) is 0. The Morgan fingerprint density at radius 3 is 2.61 bits per heavy atom. The first-order valence-corrected chi connectivity index (χ1v) is 12.5. The highest BCUT2D eigenvalue weighted by Crippen LogP contribution is 2.57. The van der Waals surface area contributed by atoms with Crippen LogP contribution in [0.2, 0.25) is 0 Å². The fourth-order valence-electron chi connectivity index (χ4n) is 6.89. The summed E-state index contributed by atoms with van der Waals surface area (Å²) in [5.41, 5.74) is 5.95. The third-order valence-corrected chi connectivity index (χ3v) is 8.64. The summed E-state index contributed by atoms with van der Waals surface area (Å²) in [5.74, 6) is 1.50. The van der Waals surface area contributed by atoms with Gasteiger partial charge in [0.15, 0.2) is 0 Å². The van der Waals surface area contributed by atoms with Crippen molar-refractivity contribution in [3.05, 3.63) is 64.4 Å². The number of furan rings is 1. The lowest BCUT2D eigenvalue weighted by molar-refractivity contribution is 0.0403. The molecular formula is C30H36O3. The molecule has 3 aromatic rings. The number of rotatable bonds is 3. The Hall–Kier alpha value is -2.55. The number of carbonyl (C=O) groups is 1. The van der Waals surface area contributed by atoms with Crippen LogP contribution in [0.5, 0.6) is 5.75 Å². The zero-order chi connectivity index (χ0) is 23.5. The van der Waals surface area contributed by atoms with Crippen LogP contribution in [0.3, 0.4) is 0 Å². The Morgan fingerprint density at radius 1 is 1.12 bits per heavy atom. The van der Waals surface area contributed by atoms with E-state index < -0.39 is 5.97 Å². The highest BCUT2D eigenvalue weighted by Gasteiger charge is 2.50. The summed E-state index contributed by atoms with van der Waals surface area (Å²) < 4.78 is 12.0. The van der Waals surface area contributed by atoms with Gasteiger partial charge in [-0.05, 0) is 84.1 Å². The first-order chi connectivity index (χ1) is 15.6. The molecule has 1 fully saturated rings. The van der Waals surface area contributed by atoms with Gasteiger partial charge in [-0.2, -0.15) is 0 Å². The highest BCUT2D eigenvalue weighted by molar-refractivity contribution is 5.97. The SMILES string of the molecule is Cc1c(C(=O)Oc2cc3c(cc2C(C)C)CC[C@H]2C(C)(C)CCC[C@]32C)oc2ccccc12. The number of hydrogen-bond acceptors (Lipinski definition) is 3. The van der Waals surface area contributed by atoms with E-state index in [1.807, 2.05) is 31.2 Å². The van der Waals surface area contributed by atoms with Gasteiger partial charge in [0.1, 0.15) is 11.3 Å². The van der Waals surface area contributed by atoms with Crippen LogP contribution in [-0.2, 0) is 11.8 Å². The largest absolute Gasteiger partial charge is 0.449 e. The molecule has 174 valence electrons. The van der Waals surface area contributed by atoms with Crippen molar-refractivity contribution in [1.29, 1.82) is 0 Å². The van der Waals surface area contributed by atoms with Crippen molar-refractivity contribution in [3.8, 4) is 5.75 Å². The summed E-state index contributed by atoms with van der Waals surface area (Å²) in [4.78, 5) is 13.3. The van der Waals surface area contributed by atoms with Crippen molar-refractivity contribution >= 4 is 16.9 Å². The molecule has 0 N–H and O–H groups in total. The standard InChI is InChI=1S/C30H36O3/c1-18(2)22-16-20-12-13-26-29(4,5)14-9-15-30(26,6)23(20)17-25(22)33-28(31)27-19(3)21-10-7-8-11-24(21)32-27/h7-8,10-11,16-18,26H,9,12-15H2,1-6H3/t26-,30+/m0/s1. The van der Waals surface area contributed by atoms with Crippen LogP contribution in [0.4, 0.5) is 0 Å². The second kappa shape index (κ2) is 7.75. The van der Waals surface area contributed by atoms with Crippen LogP contribution in [0, 0.1) is 18.3 Å². The van der Waals surface area contributed by atoms with Gasteiger partial charge in [0.05, 0.1) is 0 Å². The van der Waals surface area contributed by atoms with E-state index in [9.17, 15) is 4.79 Å². The molecule has 1 heterocycles. The Labute approximate surface area is 197 Å². The molecule has 2 aliphatic rings. The average molecular weight is 445 g/mol. The number of esters is 1. The molecule has 3 nitrogen and oxygen atoms in total. The number of ether oxygens (including phenoxy) is 1. The van der Waals surface area contributed by atoms with Crippen LogP contribution < -0.4 is 4.74 Å². The smallest absolute Gasteiger partial charge is 0.379 e. The number of hydrogen-bond donors (Lipinski definition) is 0. The topological polar surface area (TPSA) is 39.4 Å². The lowest BCUT2D eigenvalue weighted by Crippen LogP contribution is -2.47. The van der Waals surface area contributed by atoms with Crippen LogP contribution >= 0.6 is 0 Å². The molecule has 1 aromatic heterocycles. The molecule has 2 aliphatic carbocycles. The monoisotopic (exact) mass is 444 g/mol. The van der Waals surface area contributed by atoms with Crippen LogP contribution in [0.25, 0.3) is 11.0 Å². The third-order valence-electron chi connectivity index (χ3n) is 8.64. The van der Waals surface area contributed by atoms with Crippen molar-refractivity contribution in [2.45, 2.75) is 85.0 Å². The molecule has 0 radical (unpaired) electrons. The second-order valence-corrected chi connectivity index (χ2v) is 11.5. The number of carbonyl (C=O) groups excluding carboxylic acids is 1. The van der Waals surface area contributed by atoms with Crippen molar-refractivity contribution < 1.29 is 13.9 Å². The number of fused-ring (bicyclic) bond motifs is 4. The minimum absolute atomic E-state index is 0.126. The molecule has 0 unspecified atom stereocenters. The van der Waals surface area contributed by atoms with Crippen molar-refractivity contribution in [2.24, 2.45) is 11.3 Å². The van der Waals surface area contributed by atoms with Gasteiger partial charge in [-0.3, -0.25) is 0 Å².